The van der Waals surface area contributed by atoms with Crippen molar-refractivity contribution in [1.29, 1.82) is 0 Å². The summed E-state index contributed by atoms with van der Waals surface area (Å²) >= 11 is 12.4. The van der Waals surface area contributed by atoms with E-state index in [1.54, 1.807) is 55.5 Å². The topological polar surface area (TPSA) is 66.5 Å². The molecular weight excluding hydrogens is 455 g/mol. The van der Waals surface area contributed by atoms with Crippen LogP contribution in [-0.4, -0.2) is 20.9 Å². The van der Waals surface area contributed by atoms with Crippen LogP contribution in [0.4, 0.5) is 11.4 Å². The Balaban J connectivity index is 1.99. The average Bonchev–Trinajstić information content (AvgIpc) is 2.71. The monoisotopic (exact) mass is 476 g/mol. The number of halogens is 2. The van der Waals surface area contributed by atoms with Gasteiger partial charge in [-0.2, -0.15) is 0 Å². The number of aryl methyl sites for hydroxylation is 2. The number of nitrogens with one attached hydrogen (secondary N) is 1. The number of carbonyl (C=O) groups excluding carboxylic acids is 1. The van der Waals surface area contributed by atoms with Crippen LogP contribution >= 0.6 is 23.2 Å². The van der Waals surface area contributed by atoms with E-state index in [-0.39, 0.29) is 4.90 Å². The highest BCUT2D eigenvalue weighted by atomic mass is 35.5. The zero-order chi connectivity index (χ0) is 22.8. The zero-order valence-corrected chi connectivity index (χ0v) is 19.6. The van der Waals surface area contributed by atoms with Crippen molar-refractivity contribution >= 4 is 50.5 Å². The number of benzene rings is 3. The fourth-order valence-corrected chi connectivity index (χ4v) is 4.83. The van der Waals surface area contributed by atoms with Crippen molar-refractivity contribution < 1.29 is 13.2 Å². The van der Waals surface area contributed by atoms with Gasteiger partial charge >= 0.3 is 0 Å². The second-order valence-corrected chi connectivity index (χ2v) is 9.90. The molecule has 162 valence electrons. The summed E-state index contributed by atoms with van der Waals surface area (Å²) in [6, 6.07) is 16.5. The van der Waals surface area contributed by atoms with Gasteiger partial charge in [0.15, 0.2) is 0 Å². The third-order valence-electron chi connectivity index (χ3n) is 4.86. The number of sulfonamides is 1. The number of carbonyl (C=O) groups is 1. The summed E-state index contributed by atoms with van der Waals surface area (Å²) in [6.07, 6.45) is 0. The van der Waals surface area contributed by atoms with E-state index in [0.717, 1.165) is 15.4 Å². The normalized spacial score (nSPS) is 11.3. The van der Waals surface area contributed by atoms with Gasteiger partial charge in [0.05, 0.1) is 10.6 Å². The maximum absolute atomic E-state index is 13.5. The Morgan fingerprint density at radius 2 is 1.61 bits per heavy atom. The molecule has 0 radical (unpaired) electrons. The molecule has 0 saturated heterocycles. The molecule has 0 atom stereocenters. The maximum Gasteiger partial charge on any atom is 0.264 e. The van der Waals surface area contributed by atoms with E-state index in [1.807, 2.05) is 13.8 Å². The minimum atomic E-state index is -4.02. The number of hydrogen-bond acceptors (Lipinski definition) is 3. The van der Waals surface area contributed by atoms with Crippen molar-refractivity contribution in [3.8, 4) is 0 Å². The molecule has 0 aromatic heterocycles. The van der Waals surface area contributed by atoms with Crippen LogP contribution in [0.15, 0.2) is 65.6 Å². The van der Waals surface area contributed by atoms with Gasteiger partial charge in [0.25, 0.3) is 10.0 Å². The summed E-state index contributed by atoms with van der Waals surface area (Å²) in [7, 11) is -4.02. The van der Waals surface area contributed by atoms with Gasteiger partial charge in [-0.05, 0) is 68.3 Å². The highest BCUT2D eigenvalue weighted by Crippen LogP contribution is 2.31. The number of hydrogen-bond donors (Lipinski definition) is 1. The van der Waals surface area contributed by atoms with E-state index in [9.17, 15) is 13.2 Å². The SMILES string of the molecule is Cc1ccc(S(=O)(=O)N(CC(=O)Nc2ccc(C)c(Cl)c2)c2cccc(Cl)c2C)cc1. The van der Waals surface area contributed by atoms with E-state index in [1.165, 1.54) is 12.1 Å². The van der Waals surface area contributed by atoms with Crippen LogP contribution in [0.3, 0.4) is 0 Å². The molecule has 0 aliphatic heterocycles. The largest absolute Gasteiger partial charge is 0.324 e. The molecule has 3 aromatic rings. The van der Waals surface area contributed by atoms with E-state index < -0.39 is 22.5 Å². The minimum absolute atomic E-state index is 0.0867. The van der Waals surface area contributed by atoms with Gasteiger partial charge in [-0.1, -0.05) is 53.0 Å². The molecule has 0 spiro atoms. The highest BCUT2D eigenvalue weighted by molar-refractivity contribution is 7.92. The summed E-state index contributed by atoms with van der Waals surface area (Å²) in [5.74, 6) is -0.505. The molecule has 0 aliphatic carbocycles. The van der Waals surface area contributed by atoms with E-state index in [0.29, 0.717) is 27.0 Å². The van der Waals surface area contributed by atoms with Gasteiger partial charge in [-0.25, -0.2) is 8.42 Å². The molecule has 0 fully saturated rings. The van der Waals surface area contributed by atoms with Crippen molar-refractivity contribution in [3.63, 3.8) is 0 Å². The Bertz CT molecular complexity index is 1230. The quantitative estimate of drug-likeness (QED) is 0.492. The molecule has 8 heteroatoms. The molecule has 31 heavy (non-hydrogen) atoms. The Kier molecular flexibility index (Phi) is 6.94. The standard InChI is InChI=1S/C23H22Cl2N2O3S/c1-15-7-11-19(12-8-15)31(29,30)27(22-6-4-5-20(24)17(22)3)14-23(28)26-18-10-9-16(2)21(25)13-18/h4-13H,14H2,1-3H3,(H,26,28). The second kappa shape index (κ2) is 9.30. The van der Waals surface area contributed by atoms with E-state index in [2.05, 4.69) is 5.32 Å². The van der Waals surface area contributed by atoms with Crippen LogP contribution in [0.25, 0.3) is 0 Å². The van der Waals surface area contributed by atoms with Crippen LogP contribution in [0.5, 0.6) is 0 Å². The minimum Gasteiger partial charge on any atom is -0.324 e. The number of rotatable bonds is 6. The number of nitrogens with zero attached hydrogens (tertiary/aromatic N) is 1. The summed E-state index contributed by atoms with van der Waals surface area (Å²) in [5.41, 5.74) is 3.18. The second-order valence-electron chi connectivity index (χ2n) is 7.22. The van der Waals surface area contributed by atoms with E-state index in [4.69, 9.17) is 23.2 Å². The fourth-order valence-electron chi connectivity index (χ4n) is 3.00. The van der Waals surface area contributed by atoms with E-state index >= 15 is 0 Å². The van der Waals surface area contributed by atoms with Crippen LogP contribution in [0, 0.1) is 20.8 Å². The lowest BCUT2D eigenvalue weighted by Crippen LogP contribution is -2.38. The molecule has 3 rings (SSSR count). The molecule has 0 aliphatic rings. The molecule has 1 amide bonds. The van der Waals surface area contributed by atoms with Gasteiger partial charge in [0.1, 0.15) is 6.54 Å². The first kappa shape index (κ1) is 23.1. The van der Waals surface area contributed by atoms with Gasteiger partial charge in [0.2, 0.25) is 5.91 Å². The molecule has 0 bridgehead atoms. The lowest BCUT2D eigenvalue weighted by Gasteiger charge is -2.26. The third-order valence-corrected chi connectivity index (χ3v) is 7.45. The molecule has 0 unspecified atom stereocenters. The third kappa shape index (κ3) is 5.21. The van der Waals surface area contributed by atoms with Crippen molar-refractivity contribution in [1.82, 2.24) is 0 Å². The highest BCUT2D eigenvalue weighted by Gasteiger charge is 2.28. The molecule has 0 saturated carbocycles. The van der Waals surface area contributed by atoms with Crippen LogP contribution < -0.4 is 9.62 Å². The van der Waals surface area contributed by atoms with Gasteiger partial charge in [-0.15, -0.1) is 0 Å². The zero-order valence-electron chi connectivity index (χ0n) is 17.3. The lowest BCUT2D eigenvalue weighted by molar-refractivity contribution is -0.114. The van der Waals surface area contributed by atoms with Crippen LogP contribution in [0.1, 0.15) is 16.7 Å². The summed E-state index contributed by atoms with van der Waals surface area (Å²) in [4.78, 5) is 12.9. The van der Waals surface area contributed by atoms with Crippen LogP contribution in [0.2, 0.25) is 10.0 Å². The first-order chi connectivity index (χ1) is 14.6. The summed E-state index contributed by atoms with van der Waals surface area (Å²) < 4.78 is 28.0. The number of amides is 1. The Hall–Kier alpha value is -2.54. The van der Waals surface area contributed by atoms with Gasteiger partial charge in [-0.3, -0.25) is 9.10 Å². The smallest absolute Gasteiger partial charge is 0.264 e. The van der Waals surface area contributed by atoms with Crippen molar-refractivity contribution in [2.45, 2.75) is 25.7 Å². The predicted molar refractivity (Wildman–Crippen MR) is 127 cm³/mol. The van der Waals surface area contributed by atoms with Crippen LogP contribution in [-0.2, 0) is 14.8 Å². The summed E-state index contributed by atoms with van der Waals surface area (Å²) in [6.45, 7) is 5.01. The van der Waals surface area contributed by atoms with Crippen molar-refractivity contribution in [3.05, 3.63) is 87.4 Å². The Labute approximate surface area is 192 Å². The molecular formula is C23H22Cl2N2O3S. The maximum atomic E-state index is 13.5. The lowest BCUT2D eigenvalue weighted by atomic mass is 10.2. The first-order valence-electron chi connectivity index (χ1n) is 9.50. The fraction of sp³-hybridized carbons (Fsp3) is 0.174. The Morgan fingerprint density at radius 3 is 2.26 bits per heavy atom. The first-order valence-corrected chi connectivity index (χ1v) is 11.7. The Morgan fingerprint density at radius 1 is 0.935 bits per heavy atom. The number of anilines is 2. The van der Waals surface area contributed by atoms with Crippen molar-refractivity contribution in [2.75, 3.05) is 16.2 Å². The van der Waals surface area contributed by atoms with Gasteiger partial charge < -0.3 is 5.32 Å². The van der Waals surface area contributed by atoms with Crippen molar-refractivity contribution in [2.24, 2.45) is 0 Å². The average molecular weight is 477 g/mol. The molecule has 3 aromatic carbocycles. The molecule has 1 N–H and O–H groups in total. The predicted octanol–water partition coefficient (Wildman–Crippen LogP) is 5.75. The van der Waals surface area contributed by atoms with Gasteiger partial charge in [0, 0.05) is 15.7 Å². The molecule has 5 nitrogen and oxygen atoms in total. The molecule has 0 heterocycles. The summed E-state index contributed by atoms with van der Waals surface area (Å²) in [5, 5.41) is 3.63.